The van der Waals surface area contributed by atoms with Gasteiger partial charge < -0.3 is 15.2 Å². The fourth-order valence-electron chi connectivity index (χ4n) is 1.28. The zero-order chi connectivity index (χ0) is 13.4. The Hall–Kier alpha value is -2.11. The molecule has 0 aliphatic heterocycles. The van der Waals surface area contributed by atoms with Crippen LogP contribution in [0.3, 0.4) is 0 Å². The SMILES string of the molecule is CC(=O)NCCOc1ccc(CCC(=O)O)cn1. The molecule has 1 amide bonds. The van der Waals surface area contributed by atoms with Gasteiger partial charge in [0.25, 0.3) is 0 Å². The van der Waals surface area contributed by atoms with Gasteiger partial charge >= 0.3 is 5.97 Å². The Labute approximate surface area is 105 Å². The number of hydrogen-bond acceptors (Lipinski definition) is 4. The maximum Gasteiger partial charge on any atom is 0.303 e. The molecular formula is C12H16N2O4. The van der Waals surface area contributed by atoms with Crippen molar-refractivity contribution in [2.24, 2.45) is 0 Å². The van der Waals surface area contributed by atoms with E-state index in [0.29, 0.717) is 25.5 Å². The van der Waals surface area contributed by atoms with Gasteiger partial charge in [0.15, 0.2) is 0 Å². The van der Waals surface area contributed by atoms with Crippen molar-refractivity contribution in [1.82, 2.24) is 10.3 Å². The van der Waals surface area contributed by atoms with Crippen LogP contribution in [-0.2, 0) is 16.0 Å². The summed E-state index contributed by atoms with van der Waals surface area (Å²) in [5.74, 6) is -0.472. The monoisotopic (exact) mass is 252 g/mol. The van der Waals surface area contributed by atoms with Gasteiger partial charge in [-0.05, 0) is 12.0 Å². The summed E-state index contributed by atoms with van der Waals surface area (Å²) in [5.41, 5.74) is 0.853. The van der Waals surface area contributed by atoms with E-state index in [2.05, 4.69) is 10.3 Å². The molecule has 98 valence electrons. The third-order valence-corrected chi connectivity index (χ3v) is 2.15. The maximum atomic E-state index is 10.6. The first-order valence-electron chi connectivity index (χ1n) is 5.62. The number of aryl methyl sites for hydroxylation is 1. The largest absolute Gasteiger partial charge is 0.481 e. The second-order valence-electron chi connectivity index (χ2n) is 3.73. The average molecular weight is 252 g/mol. The third kappa shape index (κ3) is 5.83. The number of carboxylic acid groups (broad SMARTS) is 1. The number of carbonyl (C=O) groups excluding carboxylic acids is 1. The zero-order valence-electron chi connectivity index (χ0n) is 10.2. The van der Waals surface area contributed by atoms with E-state index in [1.807, 2.05) is 0 Å². The zero-order valence-corrected chi connectivity index (χ0v) is 10.2. The molecule has 0 aromatic carbocycles. The number of nitrogens with one attached hydrogen (secondary N) is 1. The van der Waals surface area contributed by atoms with Gasteiger partial charge in [0.05, 0.1) is 6.54 Å². The van der Waals surface area contributed by atoms with Crippen molar-refractivity contribution in [1.29, 1.82) is 0 Å². The lowest BCUT2D eigenvalue weighted by Crippen LogP contribution is -2.25. The fraction of sp³-hybridized carbons (Fsp3) is 0.417. The molecule has 18 heavy (non-hydrogen) atoms. The summed E-state index contributed by atoms with van der Waals surface area (Å²) in [6.45, 7) is 2.22. The third-order valence-electron chi connectivity index (χ3n) is 2.15. The molecule has 1 aromatic rings. The molecule has 0 saturated heterocycles. The van der Waals surface area contributed by atoms with E-state index in [1.165, 1.54) is 6.92 Å². The number of hydrogen-bond donors (Lipinski definition) is 2. The van der Waals surface area contributed by atoms with Crippen molar-refractivity contribution in [3.05, 3.63) is 23.9 Å². The fourth-order valence-corrected chi connectivity index (χ4v) is 1.28. The van der Waals surface area contributed by atoms with Crippen molar-refractivity contribution >= 4 is 11.9 Å². The van der Waals surface area contributed by atoms with Gasteiger partial charge in [0, 0.05) is 25.6 Å². The number of pyridine rings is 1. The van der Waals surface area contributed by atoms with Crippen LogP contribution in [0.2, 0.25) is 0 Å². The number of amides is 1. The quantitative estimate of drug-likeness (QED) is 0.694. The molecular weight excluding hydrogens is 236 g/mol. The Morgan fingerprint density at radius 3 is 2.78 bits per heavy atom. The second-order valence-corrected chi connectivity index (χ2v) is 3.73. The van der Waals surface area contributed by atoms with Crippen molar-refractivity contribution < 1.29 is 19.4 Å². The minimum atomic E-state index is -0.828. The molecule has 1 rings (SSSR count). The minimum Gasteiger partial charge on any atom is -0.481 e. The van der Waals surface area contributed by atoms with Gasteiger partial charge in [-0.25, -0.2) is 4.98 Å². The van der Waals surface area contributed by atoms with Crippen molar-refractivity contribution in [2.45, 2.75) is 19.8 Å². The summed E-state index contributed by atoms with van der Waals surface area (Å²) in [7, 11) is 0. The summed E-state index contributed by atoms with van der Waals surface area (Å²) >= 11 is 0. The molecule has 0 spiro atoms. The molecule has 1 aromatic heterocycles. The lowest BCUT2D eigenvalue weighted by atomic mass is 10.2. The van der Waals surface area contributed by atoms with E-state index >= 15 is 0 Å². The second kappa shape index (κ2) is 7.26. The van der Waals surface area contributed by atoms with E-state index in [4.69, 9.17) is 9.84 Å². The smallest absolute Gasteiger partial charge is 0.303 e. The average Bonchev–Trinajstić information content (AvgIpc) is 2.33. The Kier molecular flexibility index (Phi) is 5.63. The maximum absolute atomic E-state index is 10.6. The molecule has 0 bridgehead atoms. The number of carbonyl (C=O) groups is 2. The van der Waals surface area contributed by atoms with Crippen LogP contribution in [0.4, 0.5) is 0 Å². The Morgan fingerprint density at radius 2 is 2.22 bits per heavy atom. The standard InChI is InChI=1S/C12H16N2O4/c1-9(15)13-6-7-18-11-4-2-10(8-14-11)3-5-12(16)17/h2,4,8H,3,5-7H2,1H3,(H,13,15)(H,16,17). The molecule has 1 heterocycles. The van der Waals surface area contributed by atoms with Crippen molar-refractivity contribution in [2.75, 3.05) is 13.2 Å². The van der Waals surface area contributed by atoms with Crippen LogP contribution in [-0.4, -0.2) is 35.1 Å². The van der Waals surface area contributed by atoms with Gasteiger partial charge in [-0.1, -0.05) is 6.07 Å². The summed E-state index contributed by atoms with van der Waals surface area (Å²) < 4.78 is 5.29. The van der Waals surface area contributed by atoms with Crippen LogP contribution in [0.15, 0.2) is 18.3 Å². The molecule has 2 N–H and O–H groups in total. The molecule has 0 aliphatic carbocycles. The Balaban J connectivity index is 2.31. The molecule has 0 radical (unpaired) electrons. The first-order chi connectivity index (χ1) is 8.58. The molecule has 0 fully saturated rings. The van der Waals surface area contributed by atoms with E-state index in [-0.39, 0.29) is 12.3 Å². The first kappa shape index (κ1) is 14.0. The molecule has 0 aliphatic rings. The summed E-state index contributed by atoms with van der Waals surface area (Å²) in [4.78, 5) is 25.0. The number of aromatic nitrogens is 1. The summed E-state index contributed by atoms with van der Waals surface area (Å²) in [6.07, 6.45) is 2.13. The van der Waals surface area contributed by atoms with Gasteiger partial charge in [-0.15, -0.1) is 0 Å². The van der Waals surface area contributed by atoms with E-state index in [0.717, 1.165) is 5.56 Å². The lowest BCUT2D eigenvalue weighted by molar-refractivity contribution is -0.137. The van der Waals surface area contributed by atoms with Crippen LogP contribution in [0.1, 0.15) is 18.9 Å². The molecule has 0 unspecified atom stereocenters. The number of aliphatic carboxylic acids is 1. The van der Waals surface area contributed by atoms with Crippen LogP contribution in [0.5, 0.6) is 5.88 Å². The number of ether oxygens (including phenoxy) is 1. The summed E-state index contributed by atoms with van der Waals surface area (Å²) in [6, 6.07) is 3.47. The molecule has 0 atom stereocenters. The Bertz CT molecular complexity index is 403. The number of carboxylic acids is 1. The highest BCUT2D eigenvalue weighted by Gasteiger charge is 2.01. The van der Waals surface area contributed by atoms with E-state index < -0.39 is 5.97 Å². The van der Waals surface area contributed by atoms with E-state index in [1.54, 1.807) is 18.3 Å². The lowest BCUT2D eigenvalue weighted by Gasteiger charge is -2.06. The number of rotatable bonds is 7. The Morgan fingerprint density at radius 1 is 1.44 bits per heavy atom. The van der Waals surface area contributed by atoms with Gasteiger partial charge in [0.2, 0.25) is 11.8 Å². The normalized spacial score (nSPS) is 9.83. The van der Waals surface area contributed by atoms with E-state index in [9.17, 15) is 9.59 Å². The summed E-state index contributed by atoms with van der Waals surface area (Å²) in [5, 5.41) is 11.1. The molecule has 6 heteroatoms. The highest BCUT2D eigenvalue weighted by Crippen LogP contribution is 2.08. The van der Waals surface area contributed by atoms with Gasteiger partial charge in [0.1, 0.15) is 6.61 Å². The predicted molar refractivity (Wildman–Crippen MR) is 64.4 cm³/mol. The van der Waals surface area contributed by atoms with Crippen LogP contribution >= 0.6 is 0 Å². The van der Waals surface area contributed by atoms with Gasteiger partial charge in [-0.3, -0.25) is 9.59 Å². The van der Waals surface area contributed by atoms with Crippen LogP contribution in [0.25, 0.3) is 0 Å². The van der Waals surface area contributed by atoms with Crippen molar-refractivity contribution in [3.8, 4) is 5.88 Å². The highest BCUT2D eigenvalue weighted by molar-refractivity contribution is 5.72. The molecule has 6 nitrogen and oxygen atoms in total. The van der Waals surface area contributed by atoms with Crippen LogP contribution in [0, 0.1) is 0 Å². The molecule has 0 saturated carbocycles. The van der Waals surface area contributed by atoms with Gasteiger partial charge in [-0.2, -0.15) is 0 Å². The topological polar surface area (TPSA) is 88.5 Å². The van der Waals surface area contributed by atoms with Crippen molar-refractivity contribution in [3.63, 3.8) is 0 Å². The predicted octanol–water partition coefficient (Wildman–Crippen LogP) is 0.614. The minimum absolute atomic E-state index is 0.0877. The number of nitrogens with zero attached hydrogens (tertiary/aromatic N) is 1. The first-order valence-corrected chi connectivity index (χ1v) is 5.62. The highest BCUT2D eigenvalue weighted by atomic mass is 16.5. The van der Waals surface area contributed by atoms with Crippen LogP contribution < -0.4 is 10.1 Å².